The third-order valence-electron chi connectivity index (χ3n) is 1.52. The third-order valence-corrected chi connectivity index (χ3v) is 1.52. The number of aliphatic carboxylic acids is 2. The minimum Gasteiger partial charge on any atom is -0.478 e. The monoisotopic (exact) mass is 245 g/mol. The molecule has 0 unspecified atom stereocenters. The van der Waals surface area contributed by atoms with Gasteiger partial charge in [-0.15, -0.1) is 0 Å². The molecular formula is C10H13O7. The molecule has 0 saturated carbocycles. The van der Waals surface area contributed by atoms with E-state index in [1.165, 1.54) is 0 Å². The van der Waals surface area contributed by atoms with Crippen molar-refractivity contribution in [2.24, 2.45) is 0 Å². The maximum absolute atomic E-state index is 10.9. The van der Waals surface area contributed by atoms with E-state index in [2.05, 4.69) is 16.4 Å². The fraction of sp³-hybridized carbons (Fsp3) is 0.400. The Bertz CT molecular complexity index is 319. The van der Waals surface area contributed by atoms with Crippen LogP contribution in [-0.4, -0.2) is 34.9 Å². The average Bonchev–Trinajstić information content (AvgIpc) is 2.22. The fourth-order valence-corrected chi connectivity index (χ4v) is 0.801. The molecule has 0 aromatic carbocycles. The Morgan fingerprint density at radius 1 is 1.18 bits per heavy atom. The Hall–Kier alpha value is -2.05. The largest absolute Gasteiger partial charge is 0.514 e. The fourth-order valence-electron chi connectivity index (χ4n) is 0.801. The van der Waals surface area contributed by atoms with Crippen molar-refractivity contribution >= 4 is 18.1 Å². The van der Waals surface area contributed by atoms with E-state index < -0.39 is 23.9 Å². The minimum atomic E-state index is -1.66. The van der Waals surface area contributed by atoms with Crippen molar-refractivity contribution in [2.75, 3.05) is 6.61 Å². The first-order valence-corrected chi connectivity index (χ1v) is 4.79. The number of unbranched alkanes of at least 4 members (excludes halogenated alkanes) is 2. The summed E-state index contributed by atoms with van der Waals surface area (Å²) in [5, 5.41) is 16.8. The highest BCUT2D eigenvalue weighted by Gasteiger charge is 2.16. The van der Waals surface area contributed by atoms with Gasteiger partial charge < -0.3 is 19.7 Å². The Labute approximate surface area is 97.6 Å². The van der Waals surface area contributed by atoms with Gasteiger partial charge in [0.1, 0.15) is 0 Å². The van der Waals surface area contributed by atoms with Gasteiger partial charge in [-0.1, -0.05) is 19.8 Å². The highest BCUT2D eigenvalue weighted by molar-refractivity contribution is 5.94. The van der Waals surface area contributed by atoms with Crippen LogP contribution in [0.3, 0.4) is 0 Å². The molecule has 0 amide bonds. The van der Waals surface area contributed by atoms with Crippen molar-refractivity contribution in [3.05, 3.63) is 18.8 Å². The van der Waals surface area contributed by atoms with E-state index in [-0.39, 0.29) is 12.7 Å². The van der Waals surface area contributed by atoms with Crippen LogP contribution in [0.4, 0.5) is 4.79 Å². The van der Waals surface area contributed by atoms with E-state index in [9.17, 15) is 14.4 Å². The average molecular weight is 245 g/mol. The van der Waals surface area contributed by atoms with E-state index in [0.717, 1.165) is 6.42 Å². The van der Waals surface area contributed by atoms with Gasteiger partial charge in [0, 0.05) is 0 Å². The summed E-state index contributed by atoms with van der Waals surface area (Å²) in [5.74, 6) is -4.20. The van der Waals surface area contributed by atoms with E-state index in [0.29, 0.717) is 12.8 Å². The van der Waals surface area contributed by atoms with E-state index in [1.54, 1.807) is 0 Å². The molecular weight excluding hydrogens is 232 g/mol. The molecule has 0 aliphatic carbocycles. The Morgan fingerprint density at radius 2 is 1.82 bits per heavy atom. The molecule has 17 heavy (non-hydrogen) atoms. The quantitative estimate of drug-likeness (QED) is 0.300. The molecule has 0 heterocycles. The number of hydrogen-bond acceptors (Lipinski definition) is 5. The van der Waals surface area contributed by atoms with Gasteiger partial charge in [-0.2, -0.15) is 0 Å². The molecule has 2 N–H and O–H groups in total. The predicted molar refractivity (Wildman–Crippen MR) is 55.0 cm³/mol. The van der Waals surface area contributed by atoms with Crippen molar-refractivity contribution in [1.82, 2.24) is 0 Å². The molecule has 7 heteroatoms. The van der Waals surface area contributed by atoms with Crippen LogP contribution in [0.25, 0.3) is 0 Å². The minimum absolute atomic E-state index is 0.0638. The first-order chi connectivity index (χ1) is 7.97. The van der Waals surface area contributed by atoms with E-state index in [1.807, 2.05) is 0 Å². The number of ether oxygens (including phenoxy) is 2. The third kappa shape index (κ3) is 7.83. The molecule has 0 aromatic rings. The number of hydrogen-bond donors (Lipinski definition) is 2. The number of carbonyl (C=O) groups excluding carboxylic acids is 1. The van der Waals surface area contributed by atoms with Gasteiger partial charge in [-0.25, -0.2) is 14.4 Å². The van der Waals surface area contributed by atoms with Gasteiger partial charge in [0.05, 0.1) is 12.7 Å². The lowest BCUT2D eigenvalue weighted by Gasteiger charge is -2.05. The van der Waals surface area contributed by atoms with Crippen LogP contribution in [0.2, 0.25) is 0 Å². The zero-order chi connectivity index (χ0) is 13.3. The second-order valence-corrected chi connectivity index (χ2v) is 2.91. The van der Waals surface area contributed by atoms with Gasteiger partial charge in [0.25, 0.3) is 0 Å². The Morgan fingerprint density at radius 3 is 2.29 bits per heavy atom. The molecule has 1 radical (unpaired) electrons. The number of carboxylic acids is 2. The molecule has 0 spiro atoms. The maximum atomic E-state index is 10.9. The topological polar surface area (TPSA) is 110 Å². The van der Waals surface area contributed by atoms with Gasteiger partial charge in [-0.05, 0) is 6.42 Å². The first kappa shape index (κ1) is 14.9. The van der Waals surface area contributed by atoms with Crippen LogP contribution >= 0.6 is 0 Å². The molecule has 0 aliphatic rings. The van der Waals surface area contributed by atoms with Crippen molar-refractivity contribution in [2.45, 2.75) is 19.3 Å². The molecule has 0 saturated heterocycles. The van der Waals surface area contributed by atoms with Gasteiger partial charge >= 0.3 is 18.1 Å². The summed E-state index contributed by atoms with van der Waals surface area (Å²) in [7, 11) is 0. The summed E-state index contributed by atoms with van der Waals surface area (Å²) >= 11 is 0. The summed E-state index contributed by atoms with van der Waals surface area (Å²) in [6.07, 6.45) is 1.04. The van der Waals surface area contributed by atoms with Crippen LogP contribution < -0.4 is 0 Å². The van der Waals surface area contributed by atoms with Crippen LogP contribution in [0.5, 0.6) is 0 Å². The van der Waals surface area contributed by atoms with Gasteiger partial charge in [0.15, 0.2) is 0 Å². The van der Waals surface area contributed by atoms with Crippen molar-refractivity contribution in [1.29, 1.82) is 0 Å². The van der Waals surface area contributed by atoms with Crippen LogP contribution in [0.1, 0.15) is 19.3 Å². The lowest BCUT2D eigenvalue weighted by molar-refractivity contribution is -0.138. The van der Waals surface area contributed by atoms with Gasteiger partial charge in [-0.3, -0.25) is 0 Å². The van der Waals surface area contributed by atoms with Crippen LogP contribution in [0.15, 0.2) is 11.8 Å². The van der Waals surface area contributed by atoms with Crippen molar-refractivity contribution in [3.63, 3.8) is 0 Å². The van der Waals surface area contributed by atoms with Crippen molar-refractivity contribution in [3.8, 4) is 0 Å². The SMILES string of the molecule is [CH2]CCCCOC(=O)OC(=CC(=O)O)C(=O)O. The first-order valence-electron chi connectivity index (χ1n) is 4.79. The summed E-state index contributed by atoms with van der Waals surface area (Å²) in [5.41, 5.74) is 0. The Balaban J connectivity index is 4.15. The predicted octanol–water partition coefficient (Wildman–Crippen LogP) is 1.20. The molecule has 0 aliphatic heterocycles. The molecule has 0 rings (SSSR count). The molecule has 0 atom stereocenters. The summed E-state index contributed by atoms with van der Waals surface area (Å²) < 4.78 is 8.73. The molecule has 95 valence electrons. The lowest BCUT2D eigenvalue weighted by Crippen LogP contribution is -2.14. The lowest BCUT2D eigenvalue weighted by atomic mass is 10.3. The smallest absolute Gasteiger partial charge is 0.478 e. The zero-order valence-electron chi connectivity index (χ0n) is 9.05. The molecule has 0 aromatic heterocycles. The van der Waals surface area contributed by atoms with E-state index in [4.69, 9.17) is 10.2 Å². The highest BCUT2D eigenvalue weighted by atomic mass is 16.7. The maximum Gasteiger partial charge on any atom is 0.514 e. The summed E-state index contributed by atoms with van der Waals surface area (Å²) in [6.45, 7) is 3.65. The van der Waals surface area contributed by atoms with Gasteiger partial charge in [0.2, 0.25) is 5.76 Å². The number of carbonyl (C=O) groups is 3. The summed E-state index contributed by atoms with van der Waals surface area (Å²) in [4.78, 5) is 31.6. The molecule has 0 bridgehead atoms. The Kier molecular flexibility index (Phi) is 7.16. The standard InChI is InChI=1S/C10H13O7/c1-2-3-4-5-16-10(15)17-7(9(13)14)6-8(11)12/h6H,1-5H2,(H,11,12)(H,13,14). The van der Waals surface area contributed by atoms with Crippen LogP contribution in [0, 0.1) is 6.92 Å². The van der Waals surface area contributed by atoms with Crippen molar-refractivity contribution < 1.29 is 34.1 Å². The number of carboxylic acid groups (broad SMARTS) is 2. The van der Waals surface area contributed by atoms with Crippen LogP contribution in [-0.2, 0) is 19.1 Å². The second-order valence-electron chi connectivity index (χ2n) is 2.91. The second kappa shape index (κ2) is 8.14. The molecule has 7 nitrogen and oxygen atoms in total. The highest BCUT2D eigenvalue weighted by Crippen LogP contribution is 2.02. The van der Waals surface area contributed by atoms with E-state index >= 15 is 0 Å². The summed E-state index contributed by atoms with van der Waals surface area (Å²) in [6, 6.07) is 0. The number of rotatable bonds is 7. The normalized spacial score (nSPS) is 10.8. The molecule has 0 fully saturated rings. The zero-order valence-corrected chi connectivity index (χ0v) is 9.05.